The highest BCUT2D eigenvalue weighted by Crippen LogP contribution is 2.44. The smallest absolute Gasteiger partial charge is 0.323 e. The second kappa shape index (κ2) is 3.78. The first-order chi connectivity index (χ1) is 6.67. The average Bonchev–Trinajstić information content (AvgIpc) is 2.00. The first-order valence-electron chi connectivity index (χ1n) is 5.69. The molecule has 3 N–H and O–H groups in total. The van der Waals surface area contributed by atoms with Crippen LogP contribution in [-0.2, 0) is 4.79 Å². The summed E-state index contributed by atoms with van der Waals surface area (Å²) in [6.07, 6.45) is 2.13. The van der Waals surface area contributed by atoms with Gasteiger partial charge >= 0.3 is 5.97 Å². The average molecular weight is 213 g/mol. The van der Waals surface area contributed by atoms with Crippen LogP contribution in [-0.4, -0.2) is 16.6 Å². The van der Waals surface area contributed by atoms with Crippen molar-refractivity contribution in [2.45, 2.75) is 52.5 Å². The number of carbonyl (C=O) groups is 1. The zero-order valence-electron chi connectivity index (χ0n) is 10.2. The fourth-order valence-corrected chi connectivity index (χ4v) is 3.00. The van der Waals surface area contributed by atoms with Crippen LogP contribution in [0.3, 0.4) is 0 Å². The van der Waals surface area contributed by atoms with E-state index in [2.05, 4.69) is 27.7 Å². The molecule has 3 atom stereocenters. The summed E-state index contributed by atoms with van der Waals surface area (Å²) in [7, 11) is 0. The molecule has 15 heavy (non-hydrogen) atoms. The number of hydrogen-bond donors (Lipinski definition) is 2. The summed E-state index contributed by atoms with van der Waals surface area (Å²) in [5, 5.41) is 9.08. The highest BCUT2D eigenvalue weighted by molar-refractivity contribution is 5.78. The van der Waals surface area contributed by atoms with Gasteiger partial charge in [-0.2, -0.15) is 0 Å². The molecule has 0 saturated heterocycles. The van der Waals surface area contributed by atoms with Crippen LogP contribution < -0.4 is 5.73 Å². The minimum Gasteiger partial charge on any atom is -0.480 e. The zero-order valence-corrected chi connectivity index (χ0v) is 10.2. The van der Waals surface area contributed by atoms with Crippen LogP contribution in [0.5, 0.6) is 0 Å². The lowest BCUT2D eigenvalue weighted by atomic mass is 9.62. The van der Waals surface area contributed by atoms with Gasteiger partial charge in [0.25, 0.3) is 0 Å². The minimum absolute atomic E-state index is 0.249. The molecule has 1 fully saturated rings. The van der Waals surface area contributed by atoms with Gasteiger partial charge in [0.05, 0.1) is 0 Å². The van der Waals surface area contributed by atoms with Gasteiger partial charge in [0, 0.05) is 0 Å². The molecule has 1 saturated carbocycles. The van der Waals surface area contributed by atoms with Gasteiger partial charge in [0.15, 0.2) is 0 Å². The quantitative estimate of drug-likeness (QED) is 0.702. The summed E-state index contributed by atoms with van der Waals surface area (Å²) < 4.78 is 0. The Balaban J connectivity index is 2.75. The van der Waals surface area contributed by atoms with Crippen molar-refractivity contribution in [3.63, 3.8) is 0 Å². The number of carboxylic acids is 1. The molecule has 1 aliphatic rings. The van der Waals surface area contributed by atoms with Crippen LogP contribution in [0.1, 0.15) is 47.0 Å². The second-order valence-electron chi connectivity index (χ2n) is 6.15. The summed E-state index contributed by atoms with van der Waals surface area (Å²) in [5.41, 5.74) is 5.16. The third-order valence-corrected chi connectivity index (χ3v) is 3.81. The Labute approximate surface area is 92.0 Å². The van der Waals surface area contributed by atoms with Gasteiger partial charge in [-0.25, -0.2) is 0 Å². The Morgan fingerprint density at radius 3 is 2.33 bits per heavy atom. The normalized spacial score (nSPS) is 37.7. The van der Waals surface area contributed by atoms with Crippen molar-refractivity contribution in [2.75, 3.05) is 0 Å². The molecule has 0 aromatic rings. The Kier molecular flexibility index (Phi) is 3.15. The third kappa shape index (κ3) is 2.51. The summed E-state index contributed by atoms with van der Waals surface area (Å²) in [6, 6.07) is 0. The molecular weight excluding hydrogens is 190 g/mol. The molecule has 0 radical (unpaired) electrons. The molecule has 0 aromatic heterocycles. The van der Waals surface area contributed by atoms with Gasteiger partial charge in [-0.3, -0.25) is 4.79 Å². The molecule has 0 bridgehead atoms. The Hall–Kier alpha value is -0.570. The fourth-order valence-electron chi connectivity index (χ4n) is 3.00. The summed E-state index contributed by atoms with van der Waals surface area (Å²) in [4.78, 5) is 11.1. The van der Waals surface area contributed by atoms with E-state index in [4.69, 9.17) is 10.8 Å². The molecule has 0 aromatic carbocycles. The molecule has 88 valence electrons. The van der Waals surface area contributed by atoms with Crippen LogP contribution in [0, 0.1) is 17.3 Å². The molecular formula is C12H23NO2. The monoisotopic (exact) mass is 213 g/mol. The van der Waals surface area contributed by atoms with Crippen LogP contribution in [0.25, 0.3) is 0 Å². The van der Waals surface area contributed by atoms with Gasteiger partial charge in [0.2, 0.25) is 0 Å². The predicted molar refractivity (Wildman–Crippen MR) is 60.5 cm³/mol. The van der Waals surface area contributed by atoms with Crippen molar-refractivity contribution in [3.05, 3.63) is 0 Å². The molecule has 3 unspecified atom stereocenters. The van der Waals surface area contributed by atoms with E-state index in [1.165, 1.54) is 0 Å². The van der Waals surface area contributed by atoms with E-state index in [-0.39, 0.29) is 5.41 Å². The van der Waals surface area contributed by atoms with Crippen molar-refractivity contribution in [1.29, 1.82) is 0 Å². The van der Waals surface area contributed by atoms with E-state index in [0.29, 0.717) is 24.7 Å². The molecule has 3 heteroatoms. The number of nitrogens with two attached hydrogens (primary N) is 1. The number of aliphatic carboxylic acids is 1. The second-order valence-corrected chi connectivity index (χ2v) is 6.15. The van der Waals surface area contributed by atoms with E-state index in [9.17, 15) is 4.79 Å². The topological polar surface area (TPSA) is 63.3 Å². The molecule has 3 nitrogen and oxygen atoms in total. The molecule has 0 amide bonds. The number of rotatable bonds is 1. The van der Waals surface area contributed by atoms with Gasteiger partial charge in [-0.1, -0.05) is 27.7 Å². The maximum Gasteiger partial charge on any atom is 0.323 e. The lowest BCUT2D eigenvalue weighted by Gasteiger charge is -2.44. The van der Waals surface area contributed by atoms with E-state index in [0.717, 1.165) is 6.42 Å². The van der Waals surface area contributed by atoms with Crippen LogP contribution in [0.4, 0.5) is 0 Å². The lowest BCUT2D eigenvalue weighted by Crippen LogP contribution is -2.53. The van der Waals surface area contributed by atoms with Crippen LogP contribution in [0.2, 0.25) is 0 Å². The van der Waals surface area contributed by atoms with Gasteiger partial charge in [-0.05, 0) is 36.5 Å². The van der Waals surface area contributed by atoms with Crippen molar-refractivity contribution < 1.29 is 9.90 Å². The van der Waals surface area contributed by atoms with Crippen molar-refractivity contribution in [1.82, 2.24) is 0 Å². The van der Waals surface area contributed by atoms with Crippen LogP contribution >= 0.6 is 0 Å². The lowest BCUT2D eigenvalue weighted by molar-refractivity contribution is -0.146. The van der Waals surface area contributed by atoms with Crippen molar-refractivity contribution in [3.8, 4) is 0 Å². The SMILES string of the molecule is CC1CC(N)(C(=O)O)CCC1C(C)(C)C. The van der Waals surface area contributed by atoms with Crippen molar-refractivity contribution in [2.24, 2.45) is 23.0 Å². The highest BCUT2D eigenvalue weighted by atomic mass is 16.4. The van der Waals surface area contributed by atoms with Gasteiger partial charge < -0.3 is 10.8 Å². The summed E-state index contributed by atoms with van der Waals surface area (Å²) in [6.45, 7) is 8.79. The molecule has 0 aliphatic heterocycles. The van der Waals surface area contributed by atoms with Gasteiger partial charge in [-0.15, -0.1) is 0 Å². The molecule has 0 heterocycles. The van der Waals surface area contributed by atoms with E-state index in [1.807, 2.05) is 0 Å². The first-order valence-corrected chi connectivity index (χ1v) is 5.69. The third-order valence-electron chi connectivity index (χ3n) is 3.81. The highest BCUT2D eigenvalue weighted by Gasteiger charge is 2.44. The summed E-state index contributed by atoms with van der Waals surface area (Å²) in [5.74, 6) is 0.120. The van der Waals surface area contributed by atoms with E-state index >= 15 is 0 Å². The Bertz CT molecular complexity index is 257. The largest absolute Gasteiger partial charge is 0.480 e. The number of hydrogen-bond acceptors (Lipinski definition) is 2. The van der Waals surface area contributed by atoms with Gasteiger partial charge in [0.1, 0.15) is 5.54 Å². The molecule has 1 rings (SSSR count). The fraction of sp³-hybridized carbons (Fsp3) is 0.917. The summed E-state index contributed by atoms with van der Waals surface area (Å²) >= 11 is 0. The standard InChI is InChI=1S/C12H23NO2/c1-8-7-12(13,10(14)15)6-5-9(8)11(2,3)4/h8-9H,5-7,13H2,1-4H3,(H,14,15). The minimum atomic E-state index is -0.985. The maximum absolute atomic E-state index is 11.1. The maximum atomic E-state index is 11.1. The van der Waals surface area contributed by atoms with Crippen LogP contribution in [0.15, 0.2) is 0 Å². The van der Waals surface area contributed by atoms with E-state index in [1.54, 1.807) is 0 Å². The Morgan fingerprint density at radius 2 is 2.00 bits per heavy atom. The number of carboxylic acid groups (broad SMARTS) is 1. The zero-order chi connectivity index (χ0) is 11.9. The Morgan fingerprint density at radius 1 is 1.47 bits per heavy atom. The van der Waals surface area contributed by atoms with E-state index < -0.39 is 11.5 Å². The first kappa shape index (κ1) is 12.5. The van der Waals surface area contributed by atoms with Crippen molar-refractivity contribution >= 4 is 5.97 Å². The molecule has 1 aliphatic carbocycles. The molecule has 0 spiro atoms. The predicted octanol–water partition coefficient (Wildman–Crippen LogP) is 2.25.